The fourth-order valence-corrected chi connectivity index (χ4v) is 3.92. The normalized spacial score (nSPS) is 14.8. The summed E-state index contributed by atoms with van der Waals surface area (Å²) in [6, 6.07) is 18.0. The molecule has 0 atom stereocenters. The Balaban J connectivity index is 1.30. The summed E-state index contributed by atoms with van der Waals surface area (Å²) in [5, 5.41) is 14.7. The van der Waals surface area contributed by atoms with E-state index in [4.69, 9.17) is 0 Å². The van der Waals surface area contributed by atoms with E-state index in [0.29, 0.717) is 12.1 Å². The molecule has 0 radical (unpaired) electrons. The van der Waals surface area contributed by atoms with Gasteiger partial charge in [-0.2, -0.15) is 0 Å². The second-order valence-corrected chi connectivity index (χ2v) is 7.58. The van der Waals surface area contributed by atoms with Gasteiger partial charge in [-0.05, 0) is 47.3 Å². The molecule has 5 nitrogen and oxygen atoms in total. The number of aliphatic hydroxyl groups is 1. The molecule has 0 unspecified atom stereocenters. The van der Waals surface area contributed by atoms with Crippen molar-refractivity contribution in [1.82, 2.24) is 10.2 Å². The summed E-state index contributed by atoms with van der Waals surface area (Å²) < 4.78 is 13.0. The van der Waals surface area contributed by atoms with Crippen LogP contribution in [0.3, 0.4) is 0 Å². The van der Waals surface area contributed by atoms with Crippen LogP contribution in [0.1, 0.15) is 15.9 Å². The van der Waals surface area contributed by atoms with Crippen LogP contribution in [0, 0.1) is 5.82 Å². The molecule has 4 rings (SSSR count). The number of fused-ring (bicyclic) bond motifs is 1. The SMILES string of the molecule is O=C(NCCN1CCN(c2cccc3ccc(CO)cc23)CC1)c1ccc(F)cc1. The number of aliphatic hydroxyl groups excluding tert-OH is 1. The number of hydrogen-bond acceptors (Lipinski definition) is 4. The van der Waals surface area contributed by atoms with Crippen molar-refractivity contribution in [2.24, 2.45) is 0 Å². The zero-order chi connectivity index (χ0) is 20.9. The van der Waals surface area contributed by atoms with Crippen LogP contribution in [-0.2, 0) is 6.61 Å². The molecular weight excluding hydrogens is 381 g/mol. The minimum Gasteiger partial charge on any atom is -0.392 e. The number of rotatable bonds is 6. The summed E-state index contributed by atoms with van der Waals surface area (Å²) in [5.74, 6) is -0.521. The van der Waals surface area contributed by atoms with E-state index >= 15 is 0 Å². The van der Waals surface area contributed by atoms with Crippen molar-refractivity contribution < 1.29 is 14.3 Å². The van der Waals surface area contributed by atoms with Crippen LogP contribution in [0.15, 0.2) is 60.7 Å². The average molecular weight is 407 g/mol. The Bertz CT molecular complexity index is 1010. The van der Waals surface area contributed by atoms with Crippen LogP contribution in [0.4, 0.5) is 10.1 Å². The molecule has 1 amide bonds. The van der Waals surface area contributed by atoms with Crippen molar-refractivity contribution >= 4 is 22.4 Å². The van der Waals surface area contributed by atoms with E-state index in [2.05, 4.69) is 45.4 Å². The first kappa shape index (κ1) is 20.3. The number of carbonyl (C=O) groups excluding carboxylic acids is 1. The number of piperazine rings is 1. The monoisotopic (exact) mass is 407 g/mol. The van der Waals surface area contributed by atoms with Crippen molar-refractivity contribution in [3.05, 3.63) is 77.6 Å². The standard InChI is InChI=1S/C24H26FN3O2/c25-21-8-6-20(7-9-21)24(30)26-10-11-27-12-14-28(15-13-27)23-3-1-2-19-5-4-18(17-29)16-22(19)23/h1-9,16,29H,10-15,17H2,(H,26,30). The smallest absolute Gasteiger partial charge is 0.251 e. The predicted octanol–water partition coefficient (Wildman–Crippen LogP) is 3.02. The third-order valence-electron chi connectivity index (χ3n) is 5.64. The van der Waals surface area contributed by atoms with E-state index in [1.807, 2.05) is 6.07 Å². The number of nitrogens with one attached hydrogen (secondary N) is 1. The van der Waals surface area contributed by atoms with Gasteiger partial charge in [-0.25, -0.2) is 4.39 Å². The summed E-state index contributed by atoms with van der Waals surface area (Å²) in [5.41, 5.74) is 2.59. The Kier molecular flexibility index (Phi) is 6.26. The third kappa shape index (κ3) is 4.61. The van der Waals surface area contributed by atoms with Gasteiger partial charge in [0.05, 0.1) is 6.61 Å². The Morgan fingerprint density at radius 3 is 2.50 bits per heavy atom. The number of amides is 1. The van der Waals surface area contributed by atoms with E-state index in [1.165, 1.54) is 40.7 Å². The maximum atomic E-state index is 13.0. The van der Waals surface area contributed by atoms with E-state index in [9.17, 15) is 14.3 Å². The van der Waals surface area contributed by atoms with Crippen molar-refractivity contribution in [2.75, 3.05) is 44.2 Å². The zero-order valence-corrected chi connectivity index (χ0v) is 16.9. The maximum absolute atomic E-state index is 13.0. The van der Waals surface area contributed by atoms with Crippen LogP contribution in [-0.4, -0.2) is 55.2 Å². The van der Waals surface area contributed by atoms with E-state index in [-0.39, 0.29) is 18.3 Å². The average Bonchev–Trinajstić information content (AvgIpc) is 2.79. The first-order valence-corrected chi connectivity index (χ1v) is 10.3. The molecule has 30 heavy (non-hydrogen) atoms. The molecule has 0 aromatic heterocycles. The molecule has 1 aliphatic heterocycles. The lowest BCUT2D eigenvalue weighted by Gasteiger charge is -2.36. The highest BCUT2D eigenvalue weighted by molar-refractivity contribution is 5.95. The molecule has 1 aliphatic rings. The van der Waals surface area contributed by atoms with Crippen molar-refractivity contribution in [3.63, 3.8) is 0 Å². The first-order valence-electron chi connectivity index (χ1n) is 10.3. The largest absolute Gasteiger partial charge is 0.392 e. The van der Waals surface area contributed by atoms with E-state index in [0.717, 1.165) is 38.3 Å². The fraction of sp³-hybridized carbons (Fsp3) is 0.292. The molecule has 0 saturated carbocycles. The van der Waals surface area contributed by atoms with Gasteiger partial charge < -0.3 is 15.3 Å². The molecule has 6 heteroatoms. The van der Waals surface area contributed by atoms with E-state index < -0.39 is 0 Å². The van der Waals surface area contributed by atoms with Crippen LogP contribution in [0.5, 0.6) is 0 Å². The molecule has 3 aromatic rings. The number of halogens is 1. The van der Waals surface area contributed by atoms with Crippen LogP contribution < -0.4 is 10.2 Å². The highest BCUT2D eigenvalue weighted by Crippen LogP contribution is 2.28. The lowest BCUT2D eigenvalue weighted by molar-refractivity contribution is 0.0947. The molecule has 0 aliphatic carbocycles. The van der Waals surface area contributed by atoms with Gasteiger partial charge in [0.2, 0.25) is 0 Å². The Morgan fingerprint density at radius 1 is 1.00 bits per heavy atom. The van der Waals surface area contributed by atoms with Crippen LogP contribution >= 0.6 is 0 Å². The van der Waals surface area contributed by atoms with Gasteiger partial charge in [-0.1, -0.05) is 24.3 Å². The molecule has 156 valence electrons. The molecule has 3 aromatic carbocycles. The number of nitrogens with zero attached hydrogens (tertiary/aromatic N) is 2. The first-order chi connectivity index (χ1) is 14.6. The van der Waals surface area contributed by atoms with Gasteiger partial charge in [0.1, 0.15) is 5.82 Å². The minimum atomic E-state index is -0.344. The van der Waals surface area contributed by atoms with Crippen molar-refractivity contribution in [2.45, 2.75) is 6.61 Å². The summed E-state index contributed by atoms with van der Waals surface area (Å²) in [7, 11) is 0. The van der Waals surface area contributed by atoms with Gasteiger partial charge in [0.15, 0.2) is 0 Å². The molecule has 1 heterocycles. The Hall–Kier alpha value is -2.96. The highest BCUT2D eigenvalue weighted by atomic mass is 19.1. The number of hydrogen-bond donors (Lipinski definition) is 2. The number of benzene rings is 3. The summed E-state index contributed by atoms with van der Waals surface area (Å²) in [6.45, 7) is 5.05. The second kappa shape index (κ2) is 9.24. The summed E-state index contributed by atoms with van der Waals surface area (Å²) >= 11 is 0. The number of anilines is 1. The van der Waals surface area contributed by atoms with Crippen molar-refractivity contribution in [3.8, 4) is 0 Å². The van der Waals surface area contributed by atoms with E-state index in [1.54, 1.807) is 0 Å². The second-order valence-electron chi connectivity index (χ2n) is 7.58. The predicted molar refractivity (Wildman–Crippen MR) is 117 cm³/mol. The quantitative estimate of drug-likeness (QED) is 0.660. The van der Waals surface area contributed by atoms with Gasteiger partial charge in [-0.3, -0.25) is 9.69 Å². The van der Waals surface area contributed by atoms with Gasteiger partial charge in [0, 0.05) is 55.9 Å². The van der Waals surface area contributed by atoms with Crippen molar-refractivity contribution in [1.29, 1.82) is 0 Å². The lowest BCUT2D eigenvalue weighted by Crippen LogP contribution is -2.48. The molecule has 0 bridgehead atoms. The highest BCUT2D eigenvalue weighted by Gasteiger charge is 2.18. The zero-order valence-electron chi connectivity index (χ0n) is 16.9. The summed E-state index contributed by atoms with van der Waals surface area (Å²) in [6.07, 6.45) is 0. The van der Waals surface area contributed by atoms with Crippen LogP contribution in [0.25, 0.3) is 10.8 Å². The molecule has 2 N–H and O–H groups in total. The third-order valence-corrected chi connectivity index (χ3v) is 5.64. The molecule has 1 saturated heterocycles. The fourth-order valence-electron chi connectivity index (χ4n) is 3.92. The lowest BCUT2D eigenvalue weighted by atomic mass is 10.0. The van der Waals surface area contributed by atoms with Gasteiger partial charge in [-0.15, -0.1) is 0 Å². The van der Waals surface area contributed by atoms with Crippen LogP contribution in [0.2, 0.25) is 0 Å². The molecule has 0 spiro atoms. The molecule has 1 fully saturated rings. The maximum Gasteiger partial charge on any atom is 0.251 e. The minimum absolute atomic E-state index is 0.0433. The summed E-state index contributed by atoms with van der Waals surface area (Å²) in [4.78, 5) is 16.9. The Labute approximate surface area is 175 Å². The Morgan fingerprint density at radius 2 is 1.77 bits per heavy atom. The van der Waals surface area contributed by atoms with Gasteiger partial charge in [0.25, 0.3) is 5.91 Å². The molecular formula is C24H26FN3O2. The van der Waals surface area contributed by atoms with Gasteiger partial charge >= 0.3 is 0 Å². The number of carbonyl (C=O) groups is 1. The topological polar surface area (TPSA) is 55.8 Å².